The number of fused-ring (bicyclic) bond motifs is 3. The molecule has 0 bridgehead atoms. The number of benzene rings is 1. The predicted molar refractivity (Wildman–Crippen MR) is 128 cm³/mol. The molecule has 0 radical (unpaired) electrons. The van der Waals surface area contributed by atoms with E-state index in [-0.39, 0.29) is 11.2 Å². The van der Waals surface area contributed by atoms with Crippen molar-refractivity contribution in [3.63, 3.8) is 0 Å². The molecule has 3 aromatic rings. The molecule has 0 amide bonds. The average Bonchev–Trinajstić information content (AvgIpc) is 3.42. The summed E-state index contributed by atoms with van der Waals surface area (Å²) in [6.45, 7) is 6.63. The van der Waals surface area contributed by atoms with Gasteiger partial charge in [0.1, 0.15) is 5.82 Å². The summed E-state index contributed by atoms with van der Waals surface area (Å²) in [4.78, 5) is 13.1. The number of hydrogen-bond donors (Lipinski definition) is 0. The van der Waals surface area contributed by atoms with E-state index in [9.17, 15) is 4.39 Å². The molecule has 10 heteroatoms. The highest BCUT2D eigenvalue weighted by Crippen LogP contribution is 2.56. The summed E-state index contributed by atoms with van der Waals surface area (Å²) >= 11 is 6.41. The summed E-state index contributed by atoms with van der Waals surface area (Å²) in [5, 5.41) is 10.1. The smallest absolute Gasteiger partial charge is 0.225 e. The van der Waals surface area contributed by atoms with Gasteiger partial charge in [0.2, 0.25) is 5.95 Å². The van der Waals surface area contributed by atoms with Gasteiger partial charge in [-0.05, 0) is 49.9 Å². The van der Waals surface area contributed by atoms with E-state index >= 15 is 0 Å². The first kappa shape index (κ1) is 21.6. The van der Waals surface area contributed by atoms with Crippen LogP contribution in [0.4, 0.5) is 10.3 Å². The summed E-state index contributed by atoms with van der Waals surface area (Å²) in [5.74, 6) is 2.65. The van der Waals surface area contributed by atoms with Crippen LogP contribution < -0.4 is 4.90 Å². The molecule has 1 aromatic carbocycles. The van der Waals surface area contributed by atoms with Gasteiger partial charge in [-0.15, -0.1) is 10.2 Å². The molecule has 0 unspecified atom stereocenters. The van der Waals surface area contributed by atoms with Crippen molar-refractivity contribution in [1.29, 1.82) is 0 Å². The topological polar surface area (TPSA) is 72.2 Å². The fraction of sp³-hybridized carbons (Fsp3) is 0.520. The summed E-state index contributed by atoms with van der Waals surface area (Å²) < 4.78 is 21.5. The van der Waals surface area contributed by atoms with E-state index < -0.39 is 0 Å². The zero-order valence-corrected chi connectivity index (χ0v) is 20.4. The normalized spacial score (nSPS) is 23.5. The molecule has 2 saturated heterocycles. The van der Waals surface area contributed by atoms with Crippen LogP contribution in [0.1, 0.15) is 48.1 Å². The molecule has 3 aliphatic heterocycles. The maximum Gasteiger partial charge on any atom is 0.225 e. The van der Waals surface area contributed by atoms with Gasteiger partial charge in [-0.1, -0.05) is 11.6 Å². The van der Waals surface area contributed by atoms with Crippen LogP contribution in [0, 0.1) is 18.2 Å². The first-order valence-corrected chi connectivity index (χ1v) is 12.6. The van der Waals surface area contributed by atoms with Gasteiger partial charge in [-0.25, -0.2) is 14.4 Å². The van der Waals surface area contributed by atoms with Crippen LogP contribution in [0.2, 0.25) is 5.02 Å². The summed E-state index contributed by atoms with van der Waals surface area (Å²) in [6.07, 6.45) is 4.42. The van der Waals surface area contributed by atoms with Gasteiger partial charge in [0.25, 0.3) is 0 Å². The van der Waals surface area contributed by atoms with Crippen LogP contribution in [0.25, 0.3) is 5.69 Å². The minimum atomic E-state index is -0.360. The zero-order chi connectivity index (χ0) is 23.7. The Hall–Kier alpha value is -2.62. The van der Waals surface area contributed by atoms with Gasteiger partial charge in [0, 0.05) is 48.6 Å². The minimum absolute atomic E-state index is 0.253. The minimum Gasteiger partial charge on any atom is -0.380 e. The van der Waals surface area contributed by atoms with Crippen LogP contribution in [0.5, 0.6) is 0 Å². The Morgan fingerprint density at radius 1 is 1.17 bits per heavy atom. The Bertz CT molecular complexity index is 1290. The molecule has 1 saturated carbocycles. The first-order chi connectivity index (χ1) is 17.0. The van der Waals surface area contributed by atoms with E-state index in [1.54, 1.807) is 6.92 Å². The highest BCUT2D eigenvalue weighted by Gasteiger charge is 2.55. The number of nitrogens with zero attached hydrogens (tertiary/aromatic N) is 7. The molecule has 35 heavy (non-hydrogen) atoms. The third-order valence-corrected chi connectivity index (χ3v) is 8.38. The van der Waals surface area contributed by atoms with Crippen LogP contribution in [0.15, 0.2) is 24.4 Å². The first-order valence-electron chi connectivity index (χ1n) is 12.3. The molecule has 0 N–H and O–H groups in total. The van der Waals surface area contributed by atoms with Crippen molar-refractivity contribution in [3.8, 4) is 5.69 Å². The van der Waals surface area contributed by atoms with Gasteiger partial charge in [-0.2, -0.15) is 0 Å². The molecule has 2 aromatic heterocycles. The molecular formula is C25H27ClFN7O. The fourth-order valence-electron chi connectivity index (χ4n) is 6.31. The molecule has 5 heterocycles. The van der Waals surface area contributed by atoms with E-state index in [4.69, 9.17) is 21.4 Å². The van der Waals surface area contributed by atoms with Crippen LogP contribution in [-0.4, -0.2) is 62.0 Å². The van der Waals surface area contributed by atoms with Crippen molar-refractivity contribution in [1.82, 2.24) is 29.6 Å². The molecule has 4 aliphatic rings. The second-order valence-corrected chi connectivity index (χ2v) is 11.0. The lowest BCUT2D eigenvalue weighted by molar-refractivity contribution is 0.0574. The van der Waals surface area contributed by atoms with E-state index in [0.717, 1.165) is 81.0 Å². The largest absolute Gasteiger partial charge is 0.380 e. The predicted octanol–water partition coefficient (Wildman–Crippen LogP) is 3.65. The van der Waals surface area contributed by atoms with Crippen molar-refractivity contribution >= 4 is 17.5 Å². The van der Waals surface area contributed by atoms with E-state index in [2.05, 4.69) is 41.6 Å². The van der Waals surface area contributed by atoms with E-state index in [0.29, 0.717) is 23.6 Å². The summed E-state index contributed by atoms with van der Waals surface area (Å²) in [5.41, 5.74) is 2.99. The average molecular weight is 496 g/mol. The zero-order valence-electron chi connectivity index (χ0n) is 19.6. The Labute approximate surface area is 208 Å². The maximum atomic E-state index is 13.6. The molecule has 1 spiro atoms. The summed E-state index contributed by atoms with van der Waals surface area (Å²) in [7, 11) is 0. The standard InChI is InChI=1S/C25H27ClFN7O/c1-15-20(27)9-28-24(29-15)33-13-25(14-33)7-17(8-25)23-31-30-22-11-32(19-4-5-35-12-19)10-16-6-18(26)2-3-21(16)34(22)23/h2-3,6,9,17,19H,4-5,7-8,10-14H2,1H3/t19-/m1/s1. The molecule has 8 nitrogen and oxygen atoms in total. The molecule has 1 aliphatic carbocycles. The van der Waals surface area contributed by atoms with E-state index in [1.807, 2.05) is 6.07 Å². The maximum absolute atomic E-state index is 13.6. The van der Waals surface area contributed by atoms with Gasteiger partial charge >= 0.3 is 0 Å². The van der Waals surface area contributed by atoms with Crippen molar-refractivity contribution in [3.05, 3.63) is 58.1 Å². The molecule has 182 valence electrons. The lowest BCUT2D eigenvalue weighted by Gasteiger charge is -2.58. The number of rotatable bonds is 3. The molecular weight excluding hydrogens is 469 g/mol. The second-order valence-electron chi connectivity index (χ2n) is 10.6. The fourth-order valence-corrected chi connectivity index (χ4v) is 6.50. The van der Waals surface area contributed by atoms with Gasteiger partial charge in [0.15, 0.2) is 11.6 Å². The van der Waals surface area contributed by atoms with Crippen LogP contribution >= 0.6 is 11.6 Å². The number of aromatic nitrogens is 5. The van der Waals surface area contributed by atoms with Gasteiger partial charge in [-0.3, -0.25) is 9.47 Å². The number of aryl methyl sites for hydroxylation is 1. The van der Waals surface area contributed by atoms with Crippen LogP contribution in [0.3, 0.4) is 0 Å². The Morgan fingerprint density at radius 3 is 2.80 bits per heavy atom. The molecule has 3 fully saturated rings. The molecule has 1 atom stereocenters. The Kier molecular flexibility index (Phi) is 4.91. The van der Waals surface area contributed by atoms with Crippen molar-refractivity contribution in [2.45, 2.75) is 51.2 Å². The lowest BCUT2D eigenvalue weighted by atomic mass is 9.57. The number of hydrogen-bond acceptors (Lipinski definition) is 7. The third kappa shape index (κ3) is 3.55. The monoisotopic (exact) mass is 495 g/mol. The van der Waals surface area contributed by atoms with Gasteiger partial charge < -0.3 is 9.64 Å². The van der Waals surface area contributed by atoms with Crippen LogP contribution in [-0.2, 0) is 17.8 Å². The number of halogens is 2. The summed E-state index contributed by atoms with van der Waals surface area (Å²) in [6, 6.07) is 6.53. The molecule has 7 rings (SSSR count). The Morgan fingerprint density at radius 2 is 2.03 bits per heavy atom. The third-order valence-electron chi connectivity index (χ3n) is 8.14. The van der Waals surface area contributed by atoms with Gasteiger partial charge in [0.05, 0.1) is 30.7 Å². The van der Waals surface area contributed by atoms with Crippen molar-refractivity contribution < 1.29 is 9.13 Å². The van der Waals surface area contributed by atoms with Crippen molar-refractivity contribution in [2.75, 3.05) is 31.2 Å². The SMILES string of the molecule is Cc1nc(N2CC3(CC(c4nnc5n4-c4ccc(Cl)cc4CN([C@@H]4CCOC4)C5)C3)C2)ncc1F. The second kappa shape index (κ2) is 7.94. The van der Waals surface area contributed by atoms with E-state index in [1.165, 1.54) is 11.8 Å². The van der Waals surface area contributed by atoms with Crippen molar-refractivity contribution in [2.24, 2.45) is 5.41 Å². The quantitative estimate of drug-likeness (QED) is 0.549. The lowest BCUT2D eigenvalue weighted by Crippen LogP contribution is -2.62. The number of ether oxygens (including phenoxy) is 1. The highest BCUT2D eigenvalue weighted by molar-refractivity contribution is 6.30. The Balaban J connectivity index is 1.13. The highest BCUT2D eigenvalue weighted by atomic mass is 35.5. The number of anilines is 1.